The molecule has 2 rings (SSSR count). The lowest BCUT2D eigenvalue weighted by molar-refractivity contribution is -0.122. The zero-order valence-corrected chi connectivity index (χ0v) is 14.0. The van der Waals surface area contributed by atoms with Crippen molar-refractivity contribution < 1.29 is 24.5 Å². The number of nitrogens with zero attached hydrogens (tertiary/aromatic N) is 2. The van der Waals surface area contributed by atoms with Gasteiger partial charge in [0.2, 0.25) is 0 Å². The number of amides is 1. The third kappa shape index (κ3) is 5.18. The quantitative estimate of drug-likeness (QED) is 0.691. The van der Waals surface area contributed by atoms with E-state index in [1.165, 1.54) is 12.0 Å². The first-order chi connectivity index (χ1) is 12.0. The Kier molecular flexibility index (Phi) is 7.88. The molecule has 1 heterocycles. The van der Waals surface area contributed by atoms with Crippen LogP contribution in [0.3, 0.4) is 0 Å². The second kappa shape index (κ2) is 9.89. The topological polar surface area (TPSA) is 126 Å². The van der Waals surface area contributed by atoms with Gasteiger partial charge in [0.25, 0.3) is 12.4 Å². The number of carbonyl (C=O) groups excluding carboxylic acids is 1. The van der Waals surface area contributed by atoms with Crippen molar-refractivity contribution in [2.75, 3.05) is 33.0 Å². The fourth-order valence-electron chi connectivity index (χ4n) is 2.15. The van der Waals surface area contributed by atoms with Crippen LogP contribution in [0.25, 0.3) is 11.3 Å². The highest BCUT2D eigenvalue weighted by Crippen LogP contribution is 2.32. The van der Waals surface area contributed by atoms with E-state index in [1.54, 1.807) is 37.5 Å². The lowest BCUT2D eigenvalue weighted by Gasteiger charge is -2.16. The van der Waals surface area contributed by atoms with E-state index in [2.05, 4.69) is 4.98 Å². The summed E-state index contributed by atoms with van der Waals surface area (Å²) in [6.45, 7) is -0.0462. The summed E-state index contributed by atoms with van der Waals surface area (Å²) in [4.78, 5) is 26.4. The number of carbonyl (C=O) groups is 2. The van der Waals surface area contributed by atoms with E-state index in [0.29, 0.717) is 22.7 Å². The minimum Gasteiger partial charge on any atom is -0.492 e. The number of hydrogen-bond donors (Lipinski definition) is 3. The SMILES string of the molecule is COc1c(N)ccnc1-c1cccc(C(=O)N(C)CCO)c1.O=CO. The summed E-state index contributed by atoms with van der Waals surface area (Å²) in [6, 6.07) is 8.73. The molecule has 0 fully saturated rings. The fraction of sp³-hybridized carbons (Fsp3) is 0.235. The highest BCUT2D eigenvalue weighted by atomic mass is 16.5. The van der Waals surface area contributed by atoms with Gasteiger partial charge in [-0.1, -0.05) is 12.1 Å². The molecule has 0 saturated carbocycles. The molecular weight excluding hydrogens is 326 g/mol. The van der Waals surface area contributed by atoms with Gasteiger partial charge in [-0.15, -0.1) is 0 Å². The Labute approximate surface area is 145 Å². The maximum atomic E-state index is 12.3. The molecule has 8 heteroatoms. The number of benzene rings is 1. The van der Waals surface area contributed by atoms with Crippen LogP contribution >= 0.6 is 0 Å². The molecule has 0 atom stereocenters. The van der Waals surface area contributed by atoms with E-state index in [1.807, 2.05) is 6.07 Å². The second-order valence-corrected chi connectivity index (χ2v) is 4.92. The minimum absolute atomic E-state index is 0.0769. The number of rotatable bonds is 5. The number of carboxylic acid groups (broad SMARTS) is 1. The maximum absolute atomic E-state index is 12.3. The van der Waals surface area contributed by atoms with Crippen LogP contribution in [0.4, 0.5) is 5.69 Å². The van der Waals surface area contributed by atoms with Gasteiger partial charge in [0.1, 0.15) is 5.69 Å². The first kappa shape index (κ1) is 19.9. The molecule has 25 heavy (non-hydrogen) atoms. The number of nitrogen functional groups attached to an aromatic ring is 1. The van der Waals surface area contributed by atoms with Gasteiger partial charge >= 0.3 is 0 Å². The molecule has 0 saturated heterocycles. The molecule has 0 spiro atoms. The Balaban J connectivity index is 0.000000970. The molecule has 0 aliphatic heterocycles. The molecule has 0 bridgehead atoms. The van der Waals surface area contributed by atoms with E-state index in [9.17, 15) is 4.79 Å². The van der Waals surface area contributed by atoms with Crippen molar-refractivity contribution in [3.05, 3.63) is 42.1 Å². The summed E-state index contributed by atoms with van der Waals surface area (Å²) >= 11 is 0. The number of pyridine rings is 1. The Morgan fingerprint density at radius 3 is 2.68 bits per heavy atom. The van der Waals surface area contributed by atoms with Crippen molar-refractivity contribution in [3.63, 3.8) is 0 Å². The minimum atomic E-state index is -0.250. The summed E-state index contributed by atoms with van der Waals surface area (Å²) in [5, 5.41) is 15.8. The third-order valence-corrected chi connectivity index (χ3v) is 3.30. The molecule has 1 amide bonds. The van der Waals surface area contributed by atoms with Crippen molar-refractivity contribution >= 4 is 18.1 Å². The fourth-order valence-corrected chi connectivity index (χ4v) is 2.15. The second-order valence-electron chi connectivity index (χ2n) is 4.92. The molecule has 0 unspecified atom stereocenters. The average Bonchev–Trinajstić information content (AvgIpc) is 2.62. The van der Waals surface area contributed by atoms with Gasteiger partial charge in [0.05, 0.1) is 19.4 Å². The van der Waals surface area contributed by atoms with Crippen molar-refractivity contribution in [1.29, 1.82) is 0 Å². The van der Waals surface area contributed by atoms with Crippen LogP contribution in [0.5, 0.6) is 5.75 Å². The summed E-state index contributed by atoms with van der Waals surface area (Å²) in [6.07, 6.45) is 1.60. The first-order valence-electron chi connectivity index (χ1n) is 7.33. The molecule has 0 aliphatic rings. The van der Waals surface area contributed by atoms with Crippen LogP contribution in [0.2, 0.25) is 0 Å². The van der Waals surface area contributed by atoms with E-state index in [0.717, 1.165) is 5.56 Å². The number of methoxy groups -OCH3 is 1. The number of aliphatic hydroxyl groups excluding tert-OH is 1. The van der Waals surface area contributed by atoms with Crippen LogP contribution in [0, 0.1) is 0 Å². The number of hydrogen-bond acceptors (Lipinski definition) is 6. The standard InChI is InChI=1S/C16H19N3O3.CH2O2/c1-19(8-9-20)16(21)12-5-3-4-11(10-12)14-15(22-2)13(17)6-7-18-14;2-1-3/h3-7,10,20H,8-9H2,1-2H3,(H2,17,18);1H,(H,2,3). The molecule has 4 N–H and O–H groups in total. The molecule has 2 aromatic rings. The van der Waals surface area contributed by atoms with Gasteiger partial charge in [0.15, 0.2) is 5.75 Å². The zero-order valence-electron chi connectivity index (χ0n) is 14.0. The van der Waals surface area contributed by atoms with Crippen LogP contribution in [-0.4, -0.2) is 59.8 Å². The van der Waals surface area contributed by atoms with Gasteiger partial charge in [-0.25, -0.2) is 0 Å². The van der Waals surface area contributed by atoms with Gasteiger partial charge in [-0.2, -0.15) is 0 Å². The van der Waals surface area contributed by atoms with E-state index >= 15 is 0 Å². The molecular formula is C17H21N3O5. The average molecular weight is 347 g/mol. The number of aromatic nitrogens is 1. The van der Waals surface area contributed by atoms with Gasteiger partial charge in [0, 0.05) is 30.9 Å². The van der Waals surface area contributed by atoms with E-state index in [-0.39, 0.29) is 25.5 Å². The highest BCUT2D eigenvalue weighted by molar-refractivity contribution is 5.95. The molecule has 134 valence electrons. The van der Waals surface area contributed by atoms with Gasteiger partial charge in [-0.05, 0) is 18.2 Å². The first-order valence-corrected chi connectivity index (χ1v) is 7.33. The largest absolute Gasteiger partial charge is 0.492 e. The van der Waals surface area contributed by atoms with Gasteiger partial charge < -0.3 is 25.6 Å². The Morgan fingerprint density at radius 1 is 1.40 bits per heavy atom. The summed E-state index contributed by atoms with van der Waals surface area (Å²) < 4.78 is 5.30. The van der Waals surface area contributed by atoms with Crippen molar-refractivity contribution in [2.45, 2.75) is 0 Å². The third-order valence-electron chi connectivity index (χ3n) is 3.30. The predicted molar refractivity (Wildman–Crippen MR) is 93.4 cm³/mol. The van der Waals surface area contributed by atoms with E-state index < -0.39 is 0 Å². The smallest absolute Gasteiger partial charge is 0.290 e. The van der Waals surface area contributed by atoms with Crippen LogP contribution in [0.15, 0.2) is 36.5 Å². The Bertz CT molecular complexity index is 721. The molecule has 1 aromatic heterocycles. The summed E-state index contributed by atoms with van der Waals surface area (Å²) in [7, 11) is 3.17. The molecule has 0 radical (unpaired) electrons. The van der Waals surface area contributed by atoms with E-state index in [4.69, 9.17) is 25.5 Å². The normalized spacial score (nSPS) is 9.56. The zero-order chi connectivity index (χ0) is 18.8. The maximum Gasteiger partial charge on any atom is 0.290 e. The Morgan fingerprint density at radius 2 is 2.08 bits per heavy atom. The number of ether oxygens (including phenoxy) is 1. The Hall–Kier alpha value is -3.13. The van der Waals surface area contributed by atoms with Crippen molar-refractivity contribution in [1.82, 2.24) is 9.88 Å². The molecule has 8 nitrogen and oxygen atoms in total. The van der Waals surface area contributed by atoms with Crippen LogP contribution in [-0.2, 0) is 4.79 Å². The molecule has 1 aromatic carbocycles. The predicted octanol–water partition coefficient (Wildman–Crippen LogP) is 1.10. The summed E-state index contributed by atoms with van der Waals surface area (Å²) in [5.74, 6) is 0.314. The monoisotopic (exact) mass is 347 g/mol. The number of anilines is 1. The lowest BCUT2D eigenvalue weighted by Crippen LogP contribution is -2.29. The lowest BCUT2D eigenvalue weighted by atomic mass is 10.1. The number of nitrogens with two attached hydrogens (primary N) is 1. The van der Waals surface area contributed by atoms with Gasteiger partial charge in [-0.3, -0.25) is 14.6 Å². The number of likely N-dealkylation sites (N-methyl/N-ethyl adjacent to an activating group) is 1. The number of aliphatic hydroxyl groups is 1. The highest BCUT2D eigenvalue weighted by Gasteiger charge is 2.15. The van der Waals surface area contributed by atoms with Crippen LogP contribution < -0.4 is 10.5 Å². The van der Waals surface area contributed by atoms with Crippen molar-refractivity contribution in [2.24, 2.45) is 0 Å². The van der Waals surface area contributed by atoms with Crippen molar-refractivity contribution in [3.8, 4) is 17.0 Å². The summed E-state index contributed by atoms with van der Waals surface area (Å²) in [5.41, 5.74) is 8.22. The molecule has 0 aliphatic carbocycles. The van der Waals surface area contributed by atoms with Crippen LogP contribution in [0.1, 0.15) is 10.4 Å².